The third-order valence-corrected chi connectivity index (χ3v) is 3.51. The van der Waals surface area contributed by atoms with Crippen molar-refractivity contribution in [1.82, 2.24) is 15.1 Å². The summed E-state index contributed by atoms with van der Waals surface area (Å²) in [4.78, 5) is 11.7. The van der Waals surface area contributed by atoms with E-state index in [0.29, 0.717) is 18.2 Å². The zero-order valence-corrected chi connectivity index (χ0v) is 13.2. The molecule has 0 aliphatic rings. The highest BCUT2D eigenvalue weighted by atomic mass is 16.5. The first-order chi connectivity index (χ1) is 10.6. The maximum absolute atomic E-state index is 11.7. The van der Waals surface area contributed by atoms with Crippen molar-refractivity contribution in [2.24, 2.45) is 7.05 Å². The summed E-state index contributed by atoms with van der Waals surface area (Å²) in [6.45, 7) is 2.75. The lowest BCUT2D eigenvalue weighted by Crippen LogP contribution is -2.30. The summed E-state index contributed by atoms with van der Waals surface area (Å²) in [6, 6.07) is 7.80. The molecule has 0 saturated carbocycles. The van der Waals surface area contributed by atoms with Gasteiger partial charge in [0, 0.05) is 19.8 Å². The molecule has 0 aliphatic carbocycles. The third kappa shape index (κ3) is 4.51. The van der Waals surface area contributed by atoms with Crippen LogP contribution in [0.25, 0.3) is 0 Å². The van der Waals surface area contributed by atoms with E-state index < -0.39 is 0 Å². The van der Waals surface area contributed by atoms with Crippen LogP contribution in [0, 0.1) is 0 Å². The van der Waals surface area contributed by atoms with E-state index in [0.717, 1.165) is 12.2 Å². The summed E-state index contributed by atoms with van der Waals surface area (Å²) in [7, 11) is 3.46. The molecular weight excluding hydrogens is 280 g/mol. The van der Waals surface area contributed by atoms with E-state index in [1.54, 1.807) is 31.2 Å². The molecule has 2 aromatic rings. The van der Waals surface area contributed by atoms with Gasteiger partial charge in [0.05, 0.1) is 19.0 Å². The molecule has 0 aliphatic heterocycles. The number of anilines is 1. The fourth-order valence-electron chi connectivity index (χ4n) is 2.16. The summed E-state index contributed by atoms with van der Waals surface area (Å²) < 4.78 is 6.79. The van der Waals surface area contributed by atoms with Crippen LogP contribution in [0.15, 0.2) is 36.7 Å². The van der Waals surface area contributed by atoms with Crippen LogP contribution in [0.5, 0.6) is 5.75 Å². The van der Waals surface area contributed by atoms with E-state index >= 15 is 0 Å². The van der Waals surface area contributed by atoms with Crippen molar-refractivity contribution in [2.45, 2.75) is 19.3 Å². The van der Waals surface area contributed by atoms with E-state index in [1.165, 1.54) is 5.56 Å². The number of benzene rings is 1. The van der Waals surface area contributed by atoms with Crippen LogP contribution >= 0.6 is 0 Å². The number of amides is 2. The van der Waals surface area contributed by atoms with Crippen molar-refractivity contribution >= 4 is 11.7 Å². The number of aromatic nitrogens is 2. The lowest BCUT2D eigenvalue weighted by atomic mass is 9.98. The molecule has 1 aromatic carbocycles. The standard InChI is InChI=1S/C16H22N4O2/c1-12(13-4-6-15(22-3)7-5-13)8-9-17-16(21)19-14-10-18-20(2)11-14/h4-7,10-12H,8-9H2,1-3H3,(H2,17,19,21)/t12-/m1/s1. The molecule has 0 spiro atoms. The molecule has 0 fully saturated rings. The number of aryl methyl sites for hydroxylation is 1. The van der Waals surface area contributed by atoms with Crippen LogP contribution in [0.1, 0.15) is 24.8 Å². The van der Waals surface area contributed by atoms with E-state index in [2.05, 4.69) is 34.8 Å². The molecule has 1 aromatic heterocycles. The fraction of sp³-hybridized carbons (Fsp3) is 0.375. The molecule has 2 N–H and O–H groups in total. The molecule has 22 heavy (non-hydrogen) atoms. The molecule has 6 nitrogen and oxygen atoms in total. The maximum atomic E-state index is 11.7. The molecule has 0 unspecified atom stereocenters. The van der Waals surface area contributed by atoms with E-state index in [1.807, 2.05) is 12.1 Å². The molecule has 1 atom stereocenters. The second kappa shape index (κ2) is 7.49. The van der Waals surface area contributed by atoms with Gasteiger partial charge in [-0.05, 0) is 30.0 Å². The van der Waals surface area contributed by atoms with Gasteiger partial charge in [0.25, 0.3) is 0 Å². The number of methoxy groups -OCH3 is 1. The topological polar surface area (TPSA) is 68.2 Å². The van der Waals surface area contributed by atoms with Crippen molar-refractivity contribution in [2.75, 3.05) is 19.0 Å². The lowest BCUT2D eigenvalue weighted by molar-refractivity contribution is 0.252. The average molecular weight is 302 g/mol. The highest BCUT2D eigenvalue weighted by Gasteiger charge is 2.07. The predicted octanol–water partition coefficient (Wildman–Crippen LogP) is 2.74. The van der Waals surface area contributed by atoms with Gasteiger partial charge >= 0.3 is 6.03 Å². The summed E-state index contributed by atoms with van der Waals surface area (Å²) in [5.41, 5.74) is 1.92. The Morgan fingerprint density at radius 2 is 2.09 bits per heavy atom. The maximum Gasteiger partial charge on any atom is 0.319 e. The normalized spacial score (nSPS) is 11.8. The number of nitrogens with zero attached hydrogens (tertiary/aromatic N) is 2. The number of ether oxygens (including phenoxy) is 1. The molecule has 1 heterocycles. The lowest BCUT2D eigenvalue weighted by Gasteiger charge is -2.13. The largest absolute Gasteiger partial charge is 0.497 e. The first kappa shape index (κ1) is 15.9. The van der Waals surface area contributed by atoms with Crippen molar-refractivity contribution in [3.8, 4) is 5.75 Å². The highest BCUT2D eigenvalue weighted by molar-refractivity contribution is 5.88. The van der Waals surface area contributed by atoms with Gasteiger partial charge in [-0.25, -0.2) is 4.79 Å². The summed E-state index contributed by atoms with van der Waals surface area (Å²) in [6.07, 6.45) is 4.23. The molecule has 0 saturated heterocycles. The van der Waals surface area contributed by atoms with Crippen molar-refractivity contribution in [3.05, 3.63) is 42.2 Å². The van der Waals surface area contributed by atoms with Crippen LogP contribution in [0.4, 0.5) is 10.5 Å². The molecule has 118 valence electrons. The number of carbonyl (C=O) groups excluding carboxylic acids is 1. The van der Waals surface area contributed by atoms with Crippen LogP contribution in [0.2, 0.25) is 0 Å². The zero-order valence-electron chi connectivity index (χ0n) is 13.2. The van der Waals surface area contributed by atoms with Gasteiger partial charge in [-0.15, -0.1) is 0 Å². The van der Waals surface area contributed by atoms with Crippen LogP contribution in [-0.4, -0.2) is 29.5 Å². The summed E-state index contributed by atoms with van der Waals surface area (Å²) in [5.74, 6) is 1.22. The summed E-state index contributed by atoms with van der Waals surface area (Å²) in [5, 5.41) is 9.59. The van der Waals surface area contributed by atoms with Crippen molar-refractivity contribution in [3.63, 3.8) is 0 Å². The van der Waals surface area contributed by atoms with Crippen LogP contribution in [0.3, 0.4) is 0 Å². The summed E-state index contributed by atoms with van der Waals surface area (Å²) >= 11 is 0. The Bertz CT molecular complexity index is 607. The number of hydrogen-bond donors (Lipinski definition) is 2. The SMILES string of the molecule is COc1ccc([C@H](C)CCNC(=O)Nc2cnn(C)c2)cc1. The van der Waals surface area contributed by atoms with Crippen LogP contribution < -0.4 is 15.4 Å². The van der Waals surface area contributed by atoms with E-state index in [9.17, 15) is 4.79 Å². The Balaban J connectivity index is 1.73. The number of rotatable bonds is 6. The highest BCUT2D eigenvalue weighted by Crippen LogP contribution is 2.21. The monoisotopic (exact) mass is 302 g/mol. The van der Waals surface area contributed by atoms with Gasteiger partial charge in [-0.3, -0.25) is 4.68 Å². The predicted molar refractivity (Wildman–Crippen MR) is 86.3 cm³/mol. The number of hydrogen-bond acceptors (Lipinski definition) is 3. The average Bonchev–Trinajstić information content (AvgIpc) is 2.92. The Labute approximate surface area is 130 Å². The van der Waals surface area contributed by atoms with E-state index in [-0.39, 0.29) is 6.03 Å². The second-order valence-electron chi connectivity index (χ2n) is 5.25. The van der Waals surface area contributed by atoms with Gasteiger partial charge in [0.1, 0.15) is 5.75 Å². The Hall–Kier alpha value is -2.50. The minimum absolute atomic E-state index is 0.213. The number of nitrogens with one attached hydrogen (secondary N) is 2. The zero-order chi connectivity index (χ0) is 15.9. The van der Waals surface area contributed by atoms with Gasteiger partial charge < -0.3 is 15.4 Å². The van der Waals surface area contributed by atoms with Gasteiger partial charge in [0.2, 0.25) is 0 Å². The Morgan fingerprint density at radius 1 is 1.36 bits per heavy atom. The van der Waals surface area contributed by atoms with Crippen LogP contribution in [-0.2, 0) is 7.05 Å². The van der Waals surface area contributed by atoms with Crippen molar-refractivity contribution in [1.29, 1.82) is 0 Å². The van der Waals surface area contributed by atoms with E-state index in [4.69, 9.17) is 4.74 Å². The smallest absolute Gasteiger partial charge is 0.319 e. The molecule has 6 heteroatoms. The molecule has 0 radical (unpaired) electrons. The Morgan fingerprint density at radius 3 is 2.68 bits per heavy atom. The number of urea groups is 1. The van der Waals surface area contributed by atoms with Crippen molar-refractivity contribution < 1.29 is 9.53 Å². The number of carbonyl (C=O) groups is 1. The molecule has 2 amide bonds. The third-order valence-electron chi connectivity index (χ3n) is 3.51. The first-order valence-corrected chi connectivity index (χ1v) is 7.26. The molecule has 0 bridgehead atoms. The molecule has 2 rings (SSSR count). The minimum Gasteiger partial charge on any atom is -0.497 e. The second-order valence-corrected chi connectivity index (χ2v) is 5.25. The van der Waals surface area contributed by atoms with Gasteiger partial charge in [-0.2, -0.15) is 5.10 Å². The quantitative estimate of drug-likeness (QED) is 0.862. The van der Waals surface area contributed by atoms with Gasteiger partial charge in [-0.1, -0.05) is 19.1 Å². The molecular formula is C16H22N4O2. The van der Waals surface area contributed by atoms with Gasteiger partial charge in [0.15, 0.2) is 0 Å². The minimum atomic E-state index is -0.213. The Kier molecular flexibility index (Phi) is 5.41. The first-order valence-electron chi connectivity index (χ1n) is 7.26. The fourth-order valence-corrected chi connectivity index (χ4v) is 2.16.